The monoisotopic (exact) mass is 292 g/mol. The summed E-state index contributed by atoms with van der Waals surface area (Å²) in [5.41, 5.74) is -0.220. The fourth-order valence-electron chi connectivity index (χ4n) is 1.70. The second kappa shape index (κ2) is 7.98. The summed E-state index contributed by atoms with van der Waals surface area (Å²) in [4.78, 5) is 44.2. The van der Waals surface area contributed by atoms with Crippen LogP contribution in [-0.2, 0) is 16.0 Å². The predicted octanol–water partition coefficient (Wildman–Crippen LogP) is -0.195. The first-order valence-electron chi connectivity index (χ1n) is 6.67. The number of aromatic nitrogens is 2. The normalized spacial score (nSPS) is 10.0. The molecule has 2 amide bonds. The third kappa shape index (κ3) is 5.21. The predicted molar refractivity (Wildman–Crippen MR) is 78.6 cm³/mol. The lowest BCUT2D eigenvalue weighted by Crippen LogP contribution is -2.41. The van der Waals surface area contributed by atoms with E-state index in [1.54, 1.807) is 14.0 Å². The molecule has 1 heterocycles. The minimum absolute atomic E-state index is 0.0105. The number of nitrogens with zero attached hydrogens (tertiary/aromatic N) is 3. The van der Waals surface area contributed by atoms with Gasteiger partial charge < -0.3 is 14.8 Å². The molecule has 0 aliphatic rings. The van der Waals surface area contributed by atoms with Crippen molar-refractivity contribution in [2.75, 3.05) is 26.7 Å². The fraction of sp³-hybridized carbons (Fsp3) is 0.429. The third-order valence-corrected chi connectivity index (χ3v) is 3.03. The molecule has 0 spiro atoms. The number of amides is 2. The molecule has 21 heavy (non-hydrogen) atoms. The molecular formula is C14H20N4O3. The highest BCUT2D eigenvalue weighted by molar-refractivity contribution is 5.90. The first kappa shape index (κ1) is 16.6. The van der Waals surface area contributed by atoms with Gasteiger partial charge >= 0.3 is 0 Å². The number of nitrogens with one attached hydrogen (secondary N) is 1. The maximum absolute atomic E-state index is 12.0. The Morgan fingerprint density at radius 3 is 2.76 bits per heavy atom. The number of carbonyl (C=O) groups excluding carboxylic acids is 2. The van der Waals surface area contributed by atoms with Gasteiger partial charge in [0.1, 0.15) is 5.82 Å². The highest BCUT2D eigenvalue weighted by Crippen LogP contribution is 1.96. The van der Waals surface area contributed by atoms with E-state index in [1.807, 2.05) is 0 Å². The molecule has 0 aliphatic heterocycles. The van der Waals surface area contributed by atoms with E-state index in [9.17, 15) is 14.4 Å². The van der Waals surface area contributed by atoms with Crippen molar-refractivity contribution in [2.45, 2.75) is 13.3 Å². The average Bonchev–Trinajstić information content (AvgIpc) is 2.49. The van der Waals surface area contributed by atoms with Crippen molar-refractivity contribution in [3.05, 3.63) is 41.1 Å². The van der Waals surface area contributed by atoms with Crippen LogP contribution in [-0.4, -0.2) is 58.3 Å². The lowest BCUT2D eigenvalue weighted by atomic mass is 10.3. The minimum Gasteiger partial charge on any atom is -0.344 e. The Balaban J connectivity index is 2.52. The Morgan fingerprint density at radius 2 is 2.19 bits per heavy atom. The van der Waals surface area contributed by atoms with Gasteiger partial charge in [0.05, 0.1) is 6.54 Å². The van der Waals surface area contributed by atoms with Crippen molar-refractivity contribution in [2.24, 2.45) is 0 Å². The van der Waals surface area contributed by atoms with Gasteiger partial charge in [0.15, 0.2) is 0 Å². The molecular weight excluding hydrogens is 272 g/mol. The molecule has 0 fully saturated rings. The number of aromatic amines is 1. The van der Waals surface area contributed by atoms with Gasteiger partial charge in [0, 0.05) is 38.8 Å². The van der Waals surface area contributed by atoms with Gasteiger partial charge in [-0.1, -0.05) is 6.58 Å². The Bertz CT molecular complexity index is 567. The van der Waals surface area contributed by atoms with E-state index in [2.05, 4.69) is 16.5 Å². The number of carbonyl (C=O) groups is 2. The molecule has 1 aromatic rings. The van der Waals surface area contributed by atoms with Crippen LogP contribution in [0.25, 0.3) is 0 Å². The van der Waals surface area contributed by atoms with Crippen LogP contribution >= 0.6 is 0 Å². The van der Waals surface area contributed by atoms with E-state index in [0.717, 1.165) is 0 Å². The van der Waals surface area contributed by atoms with Crippen LogP contribution in [0.3, 0.4) is 0 Å². The molecule has 0 atom stereocenters. The van der Waals surface area contributed by atoms with Gasteiger partial charge in [-0.2, -0.15) is 0 Å². The van der Waals surface area contributed by atoms with Gasteiger partial charge in [-0.05, 0) is 13.0 Å². The summed E-state index contributed by atoms with van der Waals surface area (Å²) in [7, 11) is 1.65. The van der Waals surface area contributed by atoms with Crippen LogP contribution < -0.4 is 5.56 Å². The van der Waals surface area contributed by atoms with E-state index < -0.39 is 0 Å². The summed E-state index contributed by atoms with van der Waals surface area (Å²) in [6.07, 6.45) is 3.06. The summed E-state index contributed by atoms with van der Waals surface area (Å²) in [5, 5.41) is 0. The molecule has 0 saturated heterocycles. The van der Waals surface area contributed by atoms with Crippen molar-refractivity contribution >= 4 is 11.8 Å². The number of hydrogen-bond donors (Lipinski definition) is 1. The summed E-state index contributed by atoms with van der Waals surface area (Å²) < 4.78 is 0. The van der Waals surface area contributed by atoms with Crippen molar-refractivity contribution < 1.29 is 9.59 Å². The molecule has 0 bridgehead atoms. The van der Waals surface area contributed by atoms with E-state index in [4.69, 9.17) is 0 Å². The van der Waals surface area contributed by atoms with Crippen LogP contribution in [0.15, 0.2) is 29.7 Å². The lowest BCUT2D eigenvalue weighted by Gasteiger charge is -2.23. The molecule has 7 nitrogen and oxygen atoms in total. The molecule has 1 rings (SSSR count). The fourth-order valence-corrected chi connectivity index (χ4v) is 1.70. The van der Waals surface area contributed by atoms with Crippen LogP contribution in [0.1, 0.15) is 12.7 Å². The maximum atomic E-state index is 12.0. The lowest BCUT2D eigenvalue weighted by molar-refractivity contribution is -0.137. The van der Waals surface area contributed by atoms with Gasteiger partial charge in [0.25, 0.3) is 5.56 Å². The van der Waals surface area contributed by atoms with Crippen molar-refractivity contribution in [1.82, 2.24) is 19.8 Å². The van der Waals surface area contributed by atoms with Gasteiger partial charge in [-0.3, -0.25) is 14.4 Å². The molecule has 1 aromatic heterocycles. The zero-order chi connectivity index (χ0) is 15.8. The van der Waals surface area contributed by atoms with Gasteiger partial charge in [0.2, 0.25) is 11.8 Å². The summed E-state index contributed by atoms with van der Waals surface area (Å²) >= 11 is 0. The van der Waals surface area contributed by atoms with Crippen LogP contribution in [0.5, 0.6) is 0 Å². The largest absolute Gasteiger partial charge is 0.344 e. The zero-order valence-electron chi connectivity index (χ0n) is 12.3. The molecule has 0 saturated carbocycles. The van der Waals surface area contributed by atoms with Crippen LogP contribution in [0.2, 0.25) is 0 Å². The Hall–Kier alpha value is -2.44. The van der Waals surface area contributed by atoms with E-state index >= 15 is 0 Å². The quantitative estimate of drug-likeness (QED) is 0.705. The number of rotatable bonds is 7. The topological polar surface area (TPSA) is 86.4 Å². The maximum Gasteiger partial charge on any atom is 0.250 e. The first-order chi connectivity index (χ1) is 9.97. The summed E-state index contributed by atoms with van der Waals surface area (Å²) in [6, 6.07) is 1.33. The summed E-state index contributed by atoms with van der Waals surface area (Å²) in [6.45, 7) is 6.07. The first-order valence-corrected chi connectivity index (χ1v) is 6.67. The second-order valence-corrected chi connectivity index (χ2v) is 4.50. The van der Waals surface area contributed by atoms with E-state index in [1.165, 1.54) is 28.1 Å². The zero-order valence-corrected chi connectivity index (χ0v) is 12.3. The van der Waals surface area contributed by atoms with Crippen LogP contribution in [0.4, 0.5) is 0 Å². The molecule has 0 aromatic carbocycles. The minimum atomic E-state index is -0.270. The Kier molecular flexibility index (Phi) is 6.32. The number of hydrogen-bond acceptors (Lipinski definition) is 4. The summed E-state index contributed by atoms with van der Waals surface area (Å²) in [5.74, 6) is 0.0790. The van der Waals surface area contributed by atoms with Gasteiger partial charge in [-0.15, -0.1) is 0 Å². The molecule has 0 radical (unpaired) electrons. The van der Waals surface area contributed by atoms with Crippen molar-refractivity contribution in [1.29, 1.82) is 0 Å². The molecule has 1 N–H and O–H groups in total. The number of H-pyrrole nitrogens is 1. The molecule has 0 unspecified atom stereocenters. The molecule has 0 aliphatic carbocycles. The van der Waals surface area contributed by atoms with Crippen molar-refractivity contribution in [3.8, 4) is 0 Å². The highest BCUT2D eigenvalue weighted by atomic mass is 16.2. The Morgan fingerprint density at radius 1 is 1.48 bits per heavy atom. The second-order valence-electron chi connectivity index (χ2n) is 4.50. The third-order valence-electron chi connectivity index (χ3n) is 3.03. The van der Waals surface area contributed by atoms with E-state index in [-0.39, 0.29) is 23.9 Å². The van der Waals surface area contributed by atoms with Crippen LogP contribution in [0, 0.1) is 0 Å². The highest BCUT2D eigenvalue weighted by Gasteiger charge is 2.16. The standard InChI is InChI=1S/C14H20N4O3/c1-4-13(20)18(5-2)10-14(21)17(3)9-7-11-15-8-6-12(19)16-11/h4,6,8H,1,5,7,9-10H2,2-3H3,(H,15,16,19). The van der Waals surface area contributed by atoms with Crippen molar-refractivity contribution in [3.63, 3.8) is 0 Å². The number of likely N-dealkylation sites (N-methyl/N-ethyl adjacent to an activating group) is 2. The van der Waals surface area contributed by atoms with Gasteiger partial charge in [-0.25, -0.2) is 4.98 Å². The average molecular weight is 292 g/mol. The van der Waals surface area contributed by atoms with E-state index in [0.29, 0.717) is 25.3 Å². The SMILES string of the molecule is C=CC(=O)N(CC)CC(=O)N(C)CCc1nccc(=O)[nH]1. The smallest absolute Gasteiger partial charge is 0.250 e. The Labute approximate surface area is 123 Å². The molecule has 7 heteroatoms. The molecule has 114 valence electrons.